The first-order valence-corrected chi connectivity index (χ1v) is 10.3. The number of carbonyl (C=O) groups excluding carboxylic acids is 1. The molecule has 0 saturated carbocycles. The highest BCUT2D eigenvalue weighted by molar-refractivity contribution is 7.89. The van der Waals surface area contributed by atoms with Gasteiger partial charge in [-0.1, -0.05) is 36.5 Å². The molecule has 150 valence electrons. The average Bonchev–Trinajstić information content (AvgIpc) is 2.68. The van der Waals surface area contributed by atoms with Crippen LogP contribution in [0.3, 0.4) is 0 Å². The van der Waals surface area contributed by atoms with Crippen molar-refractivity contribution in [2.45, 2.75) is 24.2 Å². The number of aromatic carboxylic acids is 1. The fraction of sp³-hybridized carbons (Fsp3) is 0.278. The zero-order valence-electron chi connectivity index (χ0n) is 14.9. The Kier molecular flexibility index (Phi) is 7.58. The first-order chi connectivity index (χ1) is 13.3. The highest BCUT2D eigenvalue weighted by atomic mass is 32.2. The molecule has 0 saturated heterocycles. The lowest BCUT2D eigenvalue weighted by Gasteiger charge is -2.23. The van der Waals surface area contributed by atoms with Crippen LogP contribution in [0.1, 0.15) is 29.6 Å². The number of hydrogen-bond acceptors (Lipinski definition) is 6. The van der Waals surface area contributed by atoms with Crippen LogP contribution in [-0.2, 0) is 14.8 Å². The molecule has 10 heteroatoms. The van der Waals surface area contributed by atoms with Gasteiger partial charge in [0.1, 0.15) is 0 Å². The Morgan fingerprint density at radius 2 is 2.00 bits per heavy atom. The summed E-state index contributed by atoms with van der Waals surface area (Å²) in [6.07, 6.45) is 6.28. The van der Waals surface area contributed by atoms with E-state index in [1.165, 1.54) is 23.7 Å². The third-order valence-corrected chi connectivity index (χ3v) is 6.48. The normalized spacial score (nSPS) is 14.1. The summed E-state index contributed by atoms with van der Waals surface area (Å²) in [6, 6.07) is 5.01. The topological polar surface area (TPSA) is 124 Å². The van der Waals surface area contributed by atoms with Crippen LogP contribution in [0, 0.1) is 0 Å². The number of allylic oxidation sites excluding steroid dienone is 3. The van der Waals surface area contributed by atoms with Crippen LogP contribution in [0.25, 0.3) is 0 Å². The monoisotopic (exact) mass is 424 g/mol. The van der Waals surface area contributed by atoms with Crippen LogP contribution in [0.15, 0.2) is 53.0 Å². The number of rotatable bonds is 9. The van der Waals surface area contributed by atoms with Crippen molar-refractivity contribution in [3.8, 4) is 0 Å². The number of carboxylic acid groups (broad SMARTS) is 1. The highest BCUT2D eigenvalue weighted by Gasteiger charge is 2.26. The Balaban J connectivity index is 2.28. The summed E-state index contributed by atoms with van der Waals surface area (Å²) < 4.78 is 27.2. The van der Waals surface area contributed by atoms with Gasteiger partial charge in [0, 0.05) is 30.8 Å². The van der Waals surface area contributed by atoms with Crippen LogP contribution >= 0.6 is 12.2 Å². The number of benzene rings is 1. The van der Waals surface area contributed by atoms with Gasteiger partial charge in [0.05, 0.1) is 10.5 Å². The standard InChI is InChI=1S/C18H20N2O6S2/c21-17(19-24)9-11-20(10-8-13-4-1-2-7-16(13)27)28(25,26)15-6-3-5-14(12-15)18(22)23/h1-6,12,24H,7-11H2,(H,19,21)(H,22,23). The van der Waals surface area contributed by atoms with Crippen molar-refractivity contribution in [1.29, 1.82) is 0 Å². The largest absolute Gasteiger partial charge is 0.478 e. The lowest BCUT2D eigenvalue weighted by molar-refractivity contribution is -0.129. The van der Waals surface area contributed by atoms with Crippen LogP contribution in [0.4, 0.5) is 0 Å². The van der Waals surface area contributed by atoms with Gasteiger partial charge in [0.15, 0.2) is 0 Å². The molecule has 0 bridgehead atoms. The molecule has 0 fully saturated rings. The smallest absolute Gasteiger partial charge is 0.335 e. The van der Waals surface area contributed by atoms with E-state index >= 15 is 0 Å². The summed E-state index contributed by atoms with van der Waals surface area (Å²) in [5.74, 6) is -1.97. The number of sulfonamides is 1. The molecule has 1 amide bonds. The molecule has 2 rings (SSSR count). The van der Waals surface area contributed by atoms with Gasteiger partial charge in [0.2, 0.25) is 15.9 Å². The van der Waals surface area contributed by atoms with Gasteiger partial charge in [-0.15, -0.1) is 0 Å². The quantitative estimate of drug-likeness (QED) is 0.314. The minimum Gasteiger partial charge on any atom is -0.478 e. The summed E-state index contributed by atoms with van der Waals surface area (Å²) >= 11 is 5.29. The molecule has 0 atom stereocenters. The maximum absolute atomic E-state index is 13.0. The van der Waals surface area contributed by atoms with E-state index in [1.54, 1.807) is 0 Å². The van der Waals surface area contributed by atoms with E-state index in [0.29, 0.717) is 12.8 Å². The number of nitrogens with one attached hydrogen (secondary N) is 1. The lowest BCUT2D eigenvalue weighted by Crippen LogP contribution is -2.36. The first-order valence-electron chi connectivity index (χ1n) is 8.41. The number of thiocarbonyl (C=S) groups is 1. The van der Waals surface area contributed by atoms with Crippen LogP contribution in [-0.4, -0.2) is 52.9 Å². The number of nitrogens with zero attached hydrogens (tertiary/aromatic N) is 1. The molecule has 0 unspecified atom stereocenters. The molecule has 1 aromatic carbocycles. The van der Waals surface area contributed by atoms with Crippen molar-refractivity contribution in [2.24, 2.45) is 0 Å². The molecule has 0 heterocycles. The second-order valence-corrected chi connectivity index (χ2v) is 8.45. The zero-order chi connectivity index (χ0) is 20.7. The maximum Gasteiger partial charge on any atom is 0.335 e. The molecule has 0 spiro atoms. The van der Waals surface area contributed by atoms with E-state index in [0.717, 1.165) is 20.8 Å². The second kappa shape index (κ2) is 9.69. The van der Waals surface area contributed by atoms with Gasteiger partial charge >= 0.3 is 5.97 Å². The maximum atomic E-state index is 13.0. The van der Waals surface area contributed by atoms with Crippen LogP contribution in [0.2, 0.25) is 0 Å². The molecule has 0 aromatic heterocycles. The van der Waals surface area contributed by atoms with Gasteiger partial charge in [-0.05, 0) is 30.2 Å². The molecule has 3 N–H and O–H groups in total. The minimum atomic E-state index is -4.06. The Morgan fingerprint density at radius 1 is 1.25 bits per heavy atom. The van der Waals surface area contributed by atoms with Crippen molar-refractivity contribution in [3.05, 3.63) is 53.6 Å². The first kappa shape index (κ1) is 21.9. The summed E-state index contributed by atoms with van der Waals surface area (Å²) in [7, 11) is -4.06. The molecule has 1 aliphatic rings. The molecule has 8 nitrogen and oxygen atoms in total. The van der Waals surface area contributed by atoms with Crippen molar-refractivity contribution in [3.63, 3.8) is 0 Å². The zero-order valence-corrected chi connectivity index (χ0v) is 16.5. The molecular weight excluding hydrogens is 404 g/mol. The fourth-order valence-electron chi connectivity index (χ4n) is 2.62. The lowest BCUT2D eigenvalue weighted by atomic mass is 10.0. The van der Waals surface area contributed by atoms with Crippen molar-refractivity contribution in [1.82, 2.24) is 9.79 Å². The second-order valence-electron chi connectivity index (χ2n) is 6.02. The number of hydrogen-bond donors (Lipinski definition) is 3. The predicted molar refractivity (Wildman–Crippen MR) is 106 cm³/mol. The average molecular weight is 425 g/mol. The summed E-state index contributed by atoms with van der Waals surface area (Å²) in [5, 5.41) is 17.8. The van der Waals surface area contributed by atoms with Gasteiger partial charge < -0.3 is 5.11 Å². The summed E-state index contributed by atoms with van der Waals surface area (Å²) in [6.45, 7) is -0.125. The van der Waals surface area contributed by atoms with Gasteiger partial charge in [0.25, 0.3) is 0 Å². The van der Waals surface area contributed by atoms with Crippen molar-refractivity contribution < 1.29 is 28.3 Å². The Labute approximate surface area is 168 Å². The van der Waals surface area contributed by atoms with Crippen molar-refractivity contribution in [2.75, 3.05) is 13.1 Å². The Morgan fingerprint density at radius 3 is 2.64 bits per heavy atom. The molecular formula is C18H20N2O6S2. The van der Waals surface area contributed by atoms with Gasteiger partial charge in [-0.2, -0.15) is 4.31 Å². The van der Waals surface area contributed by atoms with E-state index in [4.69, 9.17) is 22.5 Å². The Bertz CT molecular complexity index is 937. The third-order valence-electron chi connectivity index (χ3n) is 4.16. The highest BCUT2D eigenvalue weighted by Crippen LogP contribution is 2.21. The molecule has 0 aliphatic heterocycles. The minimum absolute atomic E-state index is 0.0537. The van der Waals surface area contributed by atoms with Crippen LogP contribution < -0.4 is 5.48 Å². The molecule has 1 aromatic rings. The number of hydroxylamine groups is 1. The summed E-state index contributed by atoms with van der Waals surface area (Å²) in [5.41, 5.74) is 2.15. The van der Waals surface area contributed by atoms with E-state index < -0.39 is 21.9 Å². The van der Waals surface area contributed by atoms with E-state index in [9.17, 15) is 18.0 Å². The van der Waals surface area contributed by atoms with E-state index in [1.807, 2.05) is 18.2 Å². The molecule has 0 radical (unpaired) electrons. The third kappa shape index (κ3) is 5.55. The molecule has 1 aliphatic carbocycles. The SMILES string of the molecule is O=C(CCN(CCC1=CC=CCC1=S)S(=O)(=O)c1cccc(C(=O)O)c1)NO. The van der Waals surface area contributed by atoms with E-state index in [-0.39, 0.29) is 30.0 Å². The van der Waals surface area contributed by atoms with Gasteiger partial charge in [-0.25, -0.2) is 18.7 Å². The number of amides is 1. The van der Waals surface area contributed by atoms with Gasteiger partial charge in [-0.3, -0.25) is 10.0 Å². The molecule has 28 heavy (non-hydrogen) atoms. The number of carbonyl (C=O) groups is 2. The predicted octanol–water partition coefficient (Wildman–Crippen LogP) is 1.92. The Hall–Kier alpha value is -2.40. The fourth-order valence-corrected chi connectivity index (χ4v) is 4.38. The van der Waals surface area contributed by atoms with Crippen LogP contribution in [0.5, 0.6) is 0 Å². The number of carboxylic acids is 1. The summed E-state index contributed by atoms with van der Waals surface area (Å²) in [4.78, 5) is 23.1. The van der Waals surface area contributed by atoms with E-state index in [2.05, 4.69) is 0 Å². The van der Waals surface area contributed by atoms with Crippen molar-refractivity contribution >= 4 is 39.0 Å².